The fourth-order valence-electron chi connectivity index (χ4n) is 7.44. The van der Waals surface area contributed by atoms with Gasteiger partial charge in [0.05, 0.1) is 0 Å². The van der Waals surface area contributed by atoms with Gasteiger partial charge >= 0.3 is 0 Å². The Labute approximate surface area is 284 Å². The number of hydrogen-bond donors (Lipinski definition) is 0. The number of benzene rings is 8. The molecule has 8 aromatic carbocycles. The molecule has 0 radical (unpaired) electrons. The summed E-state index contributed by atoms with van der Waals surface area (Å²) >= 11 is 0. The molecule has 0 saturated heterocycles. The molecule has 2 atom stereocenters. The molecule has 0 aliphatic rings. The first kappa shape index (κ1) is 29.7. The van der Waals surface area contributed by atoms with Crippen molar-refractivity contribution in [3.8, 4) is 11.1 Å². The van der Waals surface area contributed by atoms with E-state index in [1.807, 2.05) is 0 Å². The Morgan fingerprint density at radius 1 is 0.292 bits per heavy atom. The minimum atomic E-state index is 0.263. The summed E-state index contributed by atoms with van der Waals surface area (Å²) in [5.74, 6) is 0.539. The van der Waals surface area contributed by atoms with Gasteiger partial charge in [-0.25, -0.2) is 0 Å². The second-order valence-electron chi connectivity index (χ2n) is 12.9. The summed E-state index contributed by atoms with van der Waals surface area (Å²) in [4.78, 5) is 0. The third-order valence-corrected chi connectivity index (χ3v) is 9.92. The summed E-state index contributed by atoms with van der Waals surface area (Å²) < 4.78 is 0. The monoisotopic (exact) mass is 614 g/mol. The zero-order valence-corrected chi connectivity index (χ0v) is 27.0. The molecule has 48 heavy (non-hydrogen) atoms. The molecule has 0 spiro atoms. The van der Waals surface area contributed by atoms with Gasteiger partial charge in [-0.1, -0.05) is 194 Å². The molecule has 0 fully saturated rings. The van der Waals surface area contributed by atoms with E-state index in [-0.39, 0.29) is 11.8 Å². The van der Waals surface area contributed by atoms with Gasteiger partial charge in [0.2, 0.25) is 0 Å². The second-order valence-corrected chi connectivity index (χ2v) is 12.9. The van der Waals surface area contributed by atoms with E-state index in [2.05, 4.69) is 194 Å². The van der Waals surface area contributed by atoms with Crippen molar-refractivity contribution in [2.45, 2.75) is 24.7 Å². The Bertz CT molecular complexity index is 2250. The lowest BCUT2D eigenvalue weighted by Crippen LogP contribution is -2.06. The van der Waals surface area contributed by atoms with Crippen LogP contribution in [0.4, 0.5) is 0 Å². The van der Waals surface area contributed by atoms with Crippen molar-refractivity contribution in [1.82, 2.24) is 0 Å². The first-order valence-corrected chi connectivity index (χ1v) is 17.0. The van der Waals surface area contributed by atoms with Gasteiger partial charge in [0.15, 0.2) is 0 Å². The Morgan fingerprint density at radius 2 is 0.688 bits per heavy atom. The molecule has 0 heterocycles. The van der Waals surface area contributed by atoms with Gasteiger partial charge in [0, 0.05) is 11.8 Å². The first-order chi connectivity index (χ1) is 23.8. The molecule has 0 nitrogen and oxygen atoms in total. The number of hydrogen-bond acceptors (Lipinski definition) is 0. The molecule has 0 amide bonds. The Balaban J connectivity index is 1.09. The summed E-state index contributed by atoms with van der Waals surface area (Å²) in [6.07, 6.45) is 1.91. The normalized spacial score (nSPS) is 12.6. The highest BCUT2D eigenvalue weighted by molar-refractivity contribution is 5.87. The van der Waals surface area contributed by atoms with Crippen LogP contribution in [-0.4, -0.2) is 0 Å². The highest BCUT2D eigenvalue weighted by Gasteiger charge is 2.19. The summed E-state index contributed by atoms with van der Waals surface area (Å²) in [6, 6.07) is 71.3. The van der Waals surface area contributed by atoms with Gasteiger partial charge in [-0.2, -0.15) is 0 Å². The summed E-state index contributed by atoms with van der Waals surface area (Å²) in [6.45, 7) is 0. The van der Waals surface area contributed by atoms with Crippen LogP contribution in [0.5, 0.6) is 0 Å². The zero-order valence-electron chi connectivity index (χ0n) is 27.0. The van der Waals surface area contributed by atoms with E-state index in [1.54, 1.807) is 0 Å². The van der Waals surface area contributed by atoms with Crippen molar-refractivity contribution >= 4 is 21.5 Å². The van der Waals surface area contributed by atoms with Crippen molar-refractivity contribution in [2.75, 3.05) is 0 Å². The smallest absolute Gasteiger partial charge is 0.0136 e. The van der Waals surface area contributed by atoms with Gasteiger partial charge in [0.25, 0.3) is 0 Å². The molecule has 230 valence electrons. The number of fused-ring (bicyclic) bond motifs is 2. The fraction of sp³-hybridized carbons (Fsp3) is 0.0833. The lowest BCUT2D eigenvalue weighted by atomic mass is 9.82. The van der Waals surface area contributed by atoms with E-state index < -0.39 is 0 Å². The molecule has 0 aliphatic heterocycles. The summed E-state index contributed by atoms with van der Waals surface area (Å²) in [5, 5.41) is 5.25. The van der Waals surface area contributed by atoms with Crippen LogP contribution in [0.1, 0.15) is 45.2 Å². The second kappa shape index (κ2) is 13.6. The van der Waals surface area contributed by atoms with E-state index in [0.717, 1.165) is 12.8 Å². The minimum Gasteiger partial charge on any atom is -0.0622 e. The van der Waals surface area contributed by atoms with Crippen molar-refractivity contribution < 1.29 is 0 Å². The Morgan fingerprint density at radius 3 is 1.23 bits per heavy atom. The van der Waals surface area contributed by atoms with Crippen LogP contribution in [-0.2, 0) is 12.8 Å². The fourth-order valence-corrected chi connectivity index (χ4v) is 7.44. The quantitative estimate of drug-likeness (QED) is 0.152. The van der Waals surface area contributed by atoms with Gasteiger partial charge in [-0.05, 0) is 78.9 Å². The van der Waals surface area contributed by atoms with Gasteiger partial charge in [-0.15, -0.1) is 0 Å². The Kier molecular flexibility index (Phi) is 8.38. The van der Waals surface area contributed by atoms with Gasteiger partial charge in [0.1, 0.15) is 0 Å². The summed E-state index contributed by atoms with van der Waals surface area (Å²) in [7, 11) is 0. The SMILES string of the molecule is c1ccc(CC(c2ccc(-c3ccc(CC(c4ccccc4)c4cccc5ccccc45)cc3)cc2)c2cccc3ccccc23)cc1. The highest BCUT2D eigenvalue weighted by atomic mass is 14.2. The van der Waals surface area contributed by atoms with Crippen molar-refractivity contribution in [3.63, 3.8) is 0 Å². The average molecular weight is 615 g/mol. The molecule has 0 bridgehead atoms. The van der Waals surface area contributed by atoms with Gasteiger partial charge in [-0.3, -0.25) is 0 Å². The van der Waals surface area contributed by atoms with Gasteiger partial charge < -0.3 is 0 Å². The first-order valence-electron chi connectivity index (χ1n) is 17.0. The van der Waals surface area contributed by atoms with E-state index in [1.165, 1.54) is 66.1 Å². The largest absolute Gasteiger partial charge is 0.0622 e. The van der Waals surface area contributed by atoms with E-state index in [4.69, 9.17) is 0 Å². The van der Waals surface area contributed by atoms with Crippen LogP contribution in [0.3, 0.4) is 0 Å². The van der Waals surface area contributed by atoms with Crippen LogP contribution >= 0.6 is 0 Å². The van der Waals surface area contributed by atoms with E-state index >= 15 is 0 Å². The molecule has 2 unspecified atom stereocenters. The lowest BCUT2D eigenvalue weighted by Gasteiger charge is -2.21. The molecule has 0 heteroatoms. The van der Waals surface area contributed by atoms with Crippen LogP contribution in [0.2, 0.25) is 0 Å². The number of rotatable bonds is 9. The van der Waals surface area contributed by atoms with Crippen LogP contribution in [0.15, 0.2) is 194 Å². The van der Waals surface area contributed by atoms with E-state index in [9.17, 15) is 0 Å². The van der Waals surface area contributed by atoms with E-state index in [0.29, 0.717) is 0 Å². The molecule has 0 aliphatic carbocycles. The zero-order chi connectivity index (χ0) is 32.1. The third kappa shape index (κ3) is 6.18. The highest BCUT2D eigenvalue weighted by Crippen LogP contribution is 2.36. The molecule has 0 N–H and O–H groups in total. The van der Waals surface area contributed by atoms with Crippen molar-refractivity contribution in [3.05, 3.63) is 228 Å². The summed E-state index contributed by atoms with van der Waals surface area (Å²) in [5.41, 5.74) is 10.7. The van der Waals surface area contributed by atoms with Crippen molar-refractivity contribution in [1.29, 1.82) is 0 Å². The molecule has 8 rings (SSSR count). The molecular formula is C48H38. The third-order valence-electron chi connectivity index (χ3n) is 9.92. The standard InChI is InChI=1S/C48H38/c1-3-13-35(14-4-1)33-48(46-24-12-20-40-18-8-10-22-44(40)46)42-31-29-38(30-32-42)37-27-25-36(26-28-37)34-47(41-15-5-2-6-16-41)45-23-11-19-39-17-7-9-21-43(39)45/h1-32,47-48H,33-34H2. The topological polar surface area (TPSA) is 0 Å². The Hall–Kier alpha value is -5.72. The van der Waals surface area contributed by atoms with Crippen LogP contribution in [0, 0.1) is 0 Å². The lowest BCUT2D eigenvalue weighted by molar-refractivity contribution is 0.812. The van der Waals surface area contributed by atoms with Crippen LogP contribution < -0.4 is 0 Å². The predicted molar refractivity (Wildman–Crippen MR) is 204 cm³/mol. The van der Waals surface area contributed by atoms with Crippen LogP contribution in [0.25, 0.3) is 32.7 Å². The molecular weight excluding hydrogens is 577 g/mol. The maximum Gasteiger partial charge on any atom is 0.0136 e. The minimum absolute atomic E-state index is 0.263. The molecule has 0 aromatic heterocycles. The molecule has 0 saturated carbocycles. The maximum absolute atomic E-state index is 2.34. The average Bonchev–Trinajstić information content (AvgIpc) is 3.17. The molecule has 8 aromatic rings. The maximum atomic E-state index is 2.34. The predicted octanol–water partition coefficient (Wildman–Crippen LogP) is 12.4. The van der Waals surface area contributed by atoms with Crippen molar-refractivity contribution in [2.24, 2.45) is 0 Å².